The third-order valence-corrected chi connectivity index (χ3v) is 4.03. The number of methoxy groups -OCH3 is 2. The molecule has 0 unspecified atom stereocenters. The third kappa shape index (κ3) is 3.24. The van der Waals surface area contributed by atoms with Crippen LogP contribution in [0, 0.1) is 0 Å². The van der Waals surface area contributed by atoms with Gasteiger partial charge in [0, 0.05) is 44.1 Å². The van der Waals surface area contributed by atoms with Crippen molar-refractivity contribution >= 4 is 11.9 Å². The van der Waals surface area contributed by atoms with Gasteiger partial charge in [0.15, 0.2) is 11.5 Å². The minimum atomic E-state index is -0.00965. The summed E-state index contributed by atoms with van der Waals surface area (Å²) in [5.41, 5.74) is 0.595. The lowest BCUT2D eigenvalue weighted by molar-refractivity contribution is 0.0746. The van der Waals surface area contributed by atoms with Gasteiger partial charge in [-0.3, -0.25) is 4.79 Å². The summed E-state index contributed by atoms with van der Waals surface area (Å²) < 4.78 is 10.5. The zero-order valence-electron chi connectivity index (χ0n) is 13.8. The molecule has 0 aliphatic carbocycles. The molecule has 0 radical (unpaired) electrons. The summed E-state index contributed by atoms with van der Waals surface area (Å²) in [5, 5.41) is 0. The van der Waals surface area contributed by atoms with Gasteiger partial charge < -0.3 is 19.3 Å². The number of anilines is 1. The van der Waals surface area contributed by atoms with Crippen LogP contribution in [0.1, 0.15) is 10.4 Å². The zero-order chi connectivity index (χ0) is 16.9. The largest absolute Gasteiger partial charge is 0.493 e. The van der Waals surface area contributed by atoms with Crippen molar-refractivity contribution in [1.29, 1.82) is 0 Å². The molecule has 2 heterocycles. The monoisotopic (exact) mass is 328 g/mol. The number of benzene rings is 1. The maximum Gasteiger partial charge on any atom is 0.254 e. The fourth-order valence-electron chi connectivity index (χ4n) is 2.72. The normalized spacial score (nSPS) is 14.4. The van der Waals surface area contributed by atoms with Crippen LogP contribution in [0.3, 0.4) is 0 Å². The van der Waals surface area contributed by atoms with Crippen molar-refractivity contribution in [3.05, 3.63) is 42.2 Å². The maximum atomic E-state index is 12.7. The molecule has 1 aliphatic rings. The molecule has 126 valence electrons. The summed E-state index contributed by atoms with van der Waals surface area (Å²) in [6.45, 7) is 2.68. The Labute approximate surface area is 140 Å². The molecule has 7 heteroatoms. The first-order chi connectivity index (χ1) is 11.7. The van der Waals surface area contributed by atoms with E-state index in [0.29, 0.717) is 49.2 Å². The van der Waals surface area contributed by atoms with E-state index < -0.39 is 0 Å². The predicted octanol–water partition coefficient (Wildman–Crippen LogP) is 1.46. The smallest absolute Gasteiger partial charge is 0.254 e. The number of hydrogen-bond acceptors (Lipinski definition) is 6. The second-order valence-electron chi connectivity index (χ2n) is 5.40. The zero-order valence-corrected chi connectivity index (χ0v) is 13.8. The van der Waals surface area contributed by atoms with Crippen molar-refractivity contribution < 1.29 is 14.3 Å². The Morgan fingerprint density at radius 1 is 1.00 bits per heavy atom. The standard InChI is InChI=1S/C17H20N4O3/c1-23-14-5-4-13(12-15(14)24-2)16(22)20-8-10-21(11-9-20)17-18-6-3-7-19-17/h3-7,12H,8-11H2,1-2H3. The minimum absolute atomic E-state index is 0.00965. The summed E-state index contributed by atoms with van der Waals surface area (Å²) >= 11 is 0. The number of ether oxygens (including phenoxy) is 2. The molecule has 1 aliphatic heterocycles. The molecule has 1 saturated heterocycles. The van der Waals surface area contributed by atoms with Crippen LogP contribution in [-0.2, 0) is 0 Å². The van der Waals surface area contributed by atoms with Gasteiger partial charge in [-0.1, -0.05) is 0 Å². The average Bonchev–Trinajstić information content (AvgIpc) is 2.67. The van der Waals surface area contributed by atoms with E-state index in [1.807, 2.05) is 4.90 Å². The Kier molecular flexibility index (Phi) is 4.79. The van der Waals surface area contributed by atoms with Crippen LogP contribution in [0.15, 0.2) is 36.7 Å². The van der Waals surface area contributed by atoms with Gasteiger partial charge in [0.25, 0.3) is 5.91 Å². The first kappa shape index (κ1) is 16.0. The fraction of sp³-hybridized carbons (Fsp3) is 0.353. The summed E-state index contributed by atoms with van der Waals surface area (Å²) in [6.07, 6.45) is 3.45. The summed E-state index contributed by atoms with van der Waals surface area (Å²) in [6, 6.07) is 7.02. The number of nitrogens with zero attached hydrogens (tertiary/aromatic N) is 4. The second-order valence-corrected chi connectivity index (χ2v) is 5.40. The Morgan fingerprint density at radius 3 is 2.29 bits per heavy atom. The molecule has 24 heavy (non-hydrogen) atoms. The summed E-state index contributed by atoms with van der Waals surface area (Å²) in [5.74, 6) is 1.86. The van der Waals surface area contributed by atoms with E-state index >= 15 is 0 Å². The van der Waals surface area contributed by atoms with Crippen LogP contribution in [0.2, 0.25) is 0 Å². The van der Waals surface area contributed by atoms with Gasteiger partial charge >= 0.3 is 0 Å². The highest BCUT2D eigenvalue weighted by atomic mass is 16.5. The molecule has 0 atom stereocenters. The SMILES string of the molecule is COc1ccc(C(=O)N2CCN(c3ncccn3)CC2)cc1OC. The Morgan fingerprint density at radius 2 is 1.67 bits per heavy atom. The van der Waals surface area contributed by atoms with E-state index in [9.17, 15) is 4.79 Å². The van der Waals surface area contributed by atoms with Crippen molar-refractivity contribution in [2.75, 3.05) is 45.3 Å². The van der Waals surface area contributed by atoms with E-state index in [0.717, 1.165) is 0 Å². The van der Waals surface area contributed by atoms with Crippen LogP contribution in [0.4, 0.5) is 5.95 Å². The topological polar surface area (TPSA) is 67.8 Å². The first-order valence-electron chi connectivity index (χ1n) is 7.76. The van der Waals surface area contributed by atoms with Crippen LogP contribution in [0.5, 0.6) is 11.5 Å². The highest BCUT2D eigenvalue weighted by molar-refractivity contribution is 5.95. The van der Waals surface area contributed by atoms with Gasteiger partial charge in [-0.05, 0) is 24.3 Å². The lowest BCUT2D eigenvalue weighted by atomic mass is 10.1. The minimum Gasteiger partial charge on any atom is -0.493 e. The van der Waals surface area contributed by atoms with E-state index in [-0.39, 0.29) is 5.91 Å². The van der Waals surface area contributed by atoms with E-state index in [4.69, 9.17) is 9.47 Å². The number of amides is 1. The number of carbonyl (C=O) groups is 1. The van der Waals surface area contributed by atoms with Crippen LogP contribution in [-0.4, -0.2) is 61.2 Å². The maximum absolute atomic E-state index is 12.7. The third-order valence-electron chi connectivity index (χ3n) is 4.03. The molecule has 0 spiro atoms. The van der Waals surface area contributed by atoms with Crippen molar-refractivity contribution in [3.8, 4) is 11.5 Å². The van der Waals surface area contributed by atoms with Crippen molar-refractivity contribution in [2.45, 2.75) is 0 Å². The molecule has 1 fully saturated rings. The second kappa shape index (κ2) is 7.16. The van der Waals surface area contributed by atoms with Gasteiger partial charge in [-0.25, -0.2) is 9.97 Å². The van der Waals surface area contributed by atoms with Crippen molar-refractivity contribution in [1.82, 2.24) is 14.9 Å². The summed E-state index contributed by atoms with van der Waals surface area (Å²) in [4.78, 5) is 25.1. The van der Waals surface area contributed by atoms with E-state index in [1.165, 1.54) is 0 Å². The first-order valence-corrected chi connectivity index (χ1v) is 7.76. The van der Waals surface area contributed by atoms with E-state index in [2.05, 4.69) is 14.9 Å². The molecule has 0 bridgehead atoms. The van der Waals surface area contributed by atoms with Gasteiger partial charge in [-0.2, -0.15) is 0 Å². The number of rotatable bonds is 4. The summed E-state index contributed by atoms with van der Waals surface area (Å²) in [7, 11) is 3.13. The molecular formula is C17H20N4O3. The number of carbonyl (C=O) groups excluding carboxylic acids is 1. The van der Waals surface area contributed by atoms with Crippen molar-refractivity contribution in [2.24, 2.45) is 0 Å². The van der Waals surface area contributed by atoms with Crippen LogP contribution in [0.25, 0.3) is 0 Å². The quantitative estimate of drug-likeness (QED) is 0.846. The number of hydrogen-bond donors (Lipinski definition) is 0. The lowest BCUT2D eigenvalue weighted by Gasteiger charge is -2.34. The fourth-order valence-corrected chi connectivity index (χ4v) is 2.72. The molecule has 2 aromatic rings. The number of piperazine rings is 1. The number of aromatic nitrogens is 2. The predicted molar refractivity (Wildman–Crippen MR) is 89.7 cm³/mol. The van der Waals surface area contributed by atoms with Gasteiger partial charge in [0.05, 0.1) is 14.2 Å². The highest BCUT2D eigenvalue weighted by Gasteiger charge is 2.24. The van der Waals surface area contributed by atoms with Crippen LogP contribution >= 0.6 is 0 Å². The molecule has 0 N–H and O–H groups in total. The molecule has 3 rings (SSSR count). The lowest BCUT2D eigenvalue weighted by Crippen LogP contribution is -2.49. The van der Waals surface area contributed by atoms with Crippen molar-refractivity contribution in [3.63, 3.8) is 0 Å². The van der Waals surface area contributed by atoms with Gasteiger partial charge in [0.2, 0.25) is 5.95 Å². The van der Waals surface area contributed by atoms with Gasteiger partial charge in [-0.15, -0.1) is 0 Å². The molecule has 1 aromatic heterocycles. The average molecular weight is 328 g/mol. The molecular weight excluding hydrogens is 308 g/mol. The Balaban J connectivity index is 1.67. The molecule has 1 amide bonds. The highest BCUT2D eigenvalue weighted by Crippen LogP contribution is 2.28. The van der Waals surface area contributed by atoms with E-state index in [1.54, 1.807) is 50.9 Å². The van der Waals surface area contributed by atoms with Gasteiger partial charge in [0.1, 0.15) is 0 Å². The molecule has 7 nitrogen and oxygen atoms in total. The van der Waals surface area contributed by atoms with Crippen LogP contribution < -0.4 is 14.4 Å². The Hall–Kier alpha value is -2.83. The molecule has 1 aromatic carbocycles. The Bertz CT molecular complexity index is 700. The molecule has 0 saturated carbocycles.